The standard InChI is InChI=1S/C12H10BrN5O2S/c1-3-20-10(19)7-21-12-15-5-4-9(16-12)18-6-8(13)11(14-2)17-18/h4-6H,3,7H2,1H3. The first kappa shape index (κ1) is 15.5. The van der Waals surface area contributed by atoms with Crippen LogP contribution >= 0.6 is 27.7 Å². The van der Waals surface area contributed by atoms with Crippen molar-refractivity contribution in [3.05, 3.63) is 34.3 Å². The van der Waals surface area contributed by atoms with Gasteiger partial charge in [0.1, 0.15) is 0 Å². The highest BCUT2D eigenvalue weighted by Crippen LogP contribution is 2.24. The highest BCUT2D eigenvalue weighted by molar-refractivity contribution is 9.10. The molecule has 0 radical (unpaired) electrons. The molecule has 0 atom stereocenters. The summed E-state index contributed by atoms with van der Waals surface area (Å²) in [5.74, 6) is 0.614. The summed E-state index contributed by atoms with van der Waals surface area (Å²) >= 11 is 4.44. The monoisotopic (exact) mass is 367 g/mol. The Kier molecular flexibility index (Phi) is 5.30. The Morgan fingerprint density at radius 2 is 2.43 bits per heavy atom. The number of ether oxygens (including phenoxy) is 1. The van der Waals surface area contributed by atoms with Crippen LogP contribution in [-0.2, 0) is 9.53 Å². The average molecular weight is 368 g/mol. The maximum atomic E-state index is 11.3. The number of hydrogen-bond donors (Lipinski definition) is 0. The fourth-order valence-corrected chi connectivity index (χ4v) is 2.38. The van der Waals surface area contributed by atoms with Crippen molar-refractivity contribution in [2.75, 3.05) is 12.4 Å². The number of aromatic nitrogens is 4. The summed E-state index contributed by atoms with van der Waals surface area (Å²) in [5.41, 5.74) is 0. The maximum Gasteiger partial charge on any atom is 0.316 e. The molecule has 0 aliphatic heterocycles. The molecule has 0 N–H and O–H groups in total. The van der Waals surface area contributed by atoms with Gasteiger partial charge in [-0.25, -0.2) is 9.97 Å². The van der Waals surface area contributed by atoms with Gasteiger partial charge in [0.15, 0.2) is 11.0 Å². The quantitative estimate of drug-likeness (QED) is 0.350. The lowest BCUT2D eigenvalue weighted by Crippen LogP contribution is -2.07. The van der Waals surface area contributed by atoms with Crippen molar-refractivity contribution in [2.45, 2.75) is 12.1 Å². The molecule has 0 aliphatic carbocycles. The second-order valence-electron chi connectivity index (χ2n) is 3.65. The molecule has 2 rings (SSSR count). The van der Waals surface area contributed by atoms with Crippen LogP contribution in [0.5, 0.6) is 0 Å². The van der Waals surface area contributed by atoms with Gasteiger partial charge in [-0.2, -0.15) is 0 Å². The summed E-state index contributed by atoms with van der Waals surface area (Å²) in [4.78, 5) is 22.9. The molecule has 0 bridgehead atoms. The van der Waals surface area contributed by atoms with Gasteiger partial charge in [0.2, 0.25) is 0 Å². The van der Waals surface area contributed by atoms with E-state index in [-0.39, 0.29) is 17.5 Å². The lowest BCUT2D eigenvalue weighted by Gasteiger charge is -2.02. The maximum absolute atomic E-state index is 11.3. The smallest absolute Gasteiger partial charge is 0.316 e. The Morgan fingerprint density at radius 1 is 1.62 bits per heavy atom. The Balaban J connectivity index is 2.14. The predicted octanol–water partition coefficient (Wildman–Crippen LogP) is 2.63. The largest absolute Gasteiger partial charge is 0.465 e. The molecular weight excluding hydrogens is 358 g/mol. The van der Waals surface area contributed by atoms with E-state index in [0.717, 1.165) is 0 Å². The van der Waals surface area contributed by atoms with E-state index in [4.69, 9.17) is 11.3 Å². The second-order valence-corrected chi connectivity index (χ2v) is 5.44. The predicted molar refractivity (Wildman–Crippen MR) is 80.5 cm³/mol. The second kappa shape index (κ2) is 7.19. The van der Waals surface area contributed by atoms with E-state index < -0.39 is 0 Å². The summed E-state index contributed by atoms with van der Waals surface area (Å²) in [7, 11) is 0. The number of nitrogens with zero attached hydrogens (tertiary/aromatic N) is 5. The fraction of sp³-hybridized carbons (Fsp3) is 0.250. The average Bonchev–Trinajstić information content (AvgIpc) is 2.87. The van der Waals surface area contributed by atoms with Crippen molar-refractivity contribution in [1.82, 2.24) is 19.7 Å². The zero-order valence-electron chi connectivity index (χ0n) is 11.0. The van der Waals surface area contributed by atoms with Gasteiger partial charge in [-0.05, 0) is 12.0 Å². The number of carbonyl (C=O) groups excluding carboxylic acids is 1. The van der Waals surface area contributed by atoms with Crippen molar-refractivity contribution in [3.8, 4) is 5.82 Å². The minimum absolute atomic E-state index is 0.146. The molecule has 0 fully saturated rings. The molecule has 7 nitrogen and oxygen atoms in total. The topological polar surface area (TPSA) is 74.3 Å². The minimum atomic E-state index is -0.311. The number of rotatable bonds is 5. The van der Waals surface area contributed by atoms with E-state index in [1.807, 2.05) is 0 Å². The Labute approximate surface area is 133 Å². The lowest BCUT2D eigenvalue weighted by atomic mass is 10.6. The fourth-order valence-electron chi connectivity index (χ4n) is 1.39. The van der Waals surface area contributed by atoms with Gasteiger partial charge in [-0.3, -0.25) is 4.79 Å². The number of carbonyl (C=O) groups is 1. The van der Waals surface area contributed by atoms with E-state index >= 15 is 0 Å². The van der Waals surface area contributed by atoms with Crippen molar-refractivity contribution >= 4 is 39.5 Å². The zero-order chi connectivity index (χ0) is 15.2. The molecule has 0 unspecified atom stereocenters. The van der Waals surface area contributed by atoms with Gasteiger partial charge in [0, 0.05) is 12.3 Å². The van der Waals surface area contributed by atoms with Crippen LogP contribution < -0.4 is 0 Å². The van der Waals surface area contributed by atoms with Crippen molar-refractivity contribution in [1.29, 1.82) is 0 Å². The first-order valence-corrected chi connectivity index (χ1v) is 7.66. The molecule has 0 saturated heterocycles. The third kappa shape index (κ3) is 4.03. The van der Waals surface area contributed by atoms with Crippen LogP contribution in [0.1, 0.15) is 6.92 Å². The van der Waals surface area contributed by atoms with Crippen LogP contribution in [0.3, 0.4) is 0 Å². The normalized spacial score (nSPS) is 10.1. The molecule has 108 valence electrons. The third-order valence-electron chi connectivity index (χ3n) is 2.24. The minimum Gasteiger partial charge on any atom is -0.465 e. The highest BCUT2D eigenvalue weighted by atomic mass is 79.9. The Morgan fingerprint density at radius 3 is 3.10 bits per heavy atom. The van der Waals surface area contributed by atoms with Gasteiger partial charge >= 0.3 is 11.8 Å². The van der Waals surface area contributed by atoms with Crippen LogP contribution in [0.15, 0.2) is 28.1 Å². The molecule has 9 heteroatoms. The summed E-state index contributed by atoms with van der Waals surface area (Å²) < 4.78 is 6.91. The van der Waals surface area contributed by atoms with Gasteiger partial charge in [-0.1, -0.05) is 34.3 Å². The van der Waals surface area contributed by atoms with Crippen molar-refractivity contribution in [3.63, 3.8) is 0 Å². The van der Waals surface area contributed by atoms with E-state index in [1.165, 1.54) is 16.4 Å². The molecule has 0 aliphatic rings. The first-order chi connectivity index (χ1) is 10.1. The van der Waals surface area contributed by atoms with Crippen LogP contribution in [0.25, 0.3) is 10.7 Å². The Bertz CT molecular complexity index is 697. The first-order valence-electron chi connectivity index (χ1n) is 5.88. The third-order valence-corrected chi connectivity index (χ3v) is 3.63. The summed E-state index contributed by atoms with van der Waals surface area (Å²) in [6, 6.07) is 1.67. The summed E-state index contributed by atoms with van der Waals surface area (Å²) in [6.07, 6.45) is 3.22. The van der Waals surface area contributed by atoms with E-state index in [0.29, 0.717) is 22.1 Å². The Hall–Kier alpha value is -1.92. The van der Waals surface area contributed by atoms with E-state index in [9.17, 15) is 4.79 Å². The van der Waals surface area contributed by atoms with E-state index in [1.54, 1.807) is 25.4 Å². The van der Waals surface area contributed by atoms with Crippen molar-refractivity contribution < 1.29 is 9.53 Å². The molecular formula is C12H10BrN5O2S. The number of esters is 1. The van der Waals surface area contributed by atoms with Crippen LogP contribution in [0.2, 0.25) is 0 Å². The molecule has 2 heterocycles. The van der Waals surface area contributed by atoms with Crippen LogP contribution in [-0.4, -0.2) is 38.1 Å². The highest BCUT2D eigenvalue weighted by Gasteiger charge is 2.12. The molecule has 2 aromatic rings. The summed E-state index contributed by atoms with van der Waals surface area (Å²) in [6.45, 7) is 9.09. The number of halogens is 1. The lowest BCUT2D eigenvalue weighted by molar-refractivity contribution is -0.139. The van der Waals surface area contributed by atoms with E-state index in [2.05, 4.69) is 35.8 Å². The van der Waals surface area contributed by atoms with Gasteiger partial charge in [0.25, 0.3) is 0 Å². The molecule has 0 saturated carbocycles. The van der Waals surface area contributed by atoms with Gasteiger partial charge in [0.05, 0.1) is 23.0 Å². The van der Waals surface area contributed by atoms with Gasteiger partial charge < -0.3 is 9.58 Å². The molecule has 0 spiro atoms. The molecule has 2 aromatic heterocycles. The number of hydrogen-bond acceptors (Lipinski definition) is 6. The molecule has 0 amide bonds. The molecule has 0 aromatic carbocycles. The molecule has 21 heavy (non-hydrogen) atoms. The van der Waals surface area contributed by atoms with Crippen molar-refractivity contribution in [2.24, 2.45) is 0 Å². The van der Waals surface area contributed by atoms with Gasteiger partial charge in [-0.15, -0.1) is 4.68 Å². The summed E-state index contributed by atoms with van der Waals surface area (Å²) in [5, 5.41) is 4.53. The number of thioether (sulfide) groups is 1. The van der Waals surface area contributed by atoms with Crippen LogP contribution in [0.4, 0.5) is 5.82 Å². The zero-order valence-corrected chi connectivity index (χ0v) is 13.4. The van der Waals surface area contributed by atoms with Crippen LogP contribution in [0, 0.1) is 6.57 Å². The SMILES string of the molecule is [C-]#[N+]c1nn(-c2ccnc(SCC(=O)OCC)n2)cc1Br.